The number of nitrogens with one attached hydrogen (secondary N) is 2. The quantitative estimate of drug-likeness (QED) is 0.486. The van der Waals surface area contributed by atoms with Crippen molar-refractivity contribution in [1.29, 1.82) is 0 Å². The van der Waals surface area contributed by atoms with Gasteiger partial charge in [-0.15, -0.1) is 5.10 Å². The Morgan fingerprint density at radius 1 is 1.13 bits per heavy atom. The van der Waals surface area contributed by atoms with Gasteiger partial charge in [0.05, 0.1) is 13.2 Å². The minimum absolute atomic E-state index is 0.241. The zero-order chi connectivity index (χ0) is 21.6. The van der Waals surface area contributed by atoms with Gasteiger partial charge in [0.25, 0.3) is 0 Å². The summed E-state index contributed by atoms with van der Waals surface area (Å²) in [5, 5.41) is 10.9. The van der Waals surface area contributed by atoms with E-state index in [1.807, 2.05) is 26.2 Å². The molecule has 0 radical (unpaired) electrons. The van der Waals surface area contributed by atoms with E-state index in [4.69, 9.17) is 10.5 Å². The molecule has 0 unspecified atom stereocenters. The van der Waals surface area contributed by atoms with Gasteiger partial charge in [-0.25, -0.2) is 9.97 Å². The Hall–Kier alpha value is -3.44. The van der Waals surface area contributed by atoms with Crippen LogP contribution in [0.5, 0.6) is 0 Å². The van der Waals surface area contributed by atoms with E-state index in [9.17, 15) is 0 Å². The molecule has 1 aliphatic heterocycles. The molecule has 1 fully saturated rings. The number of nitrogens with two attached hydrogens (primary N) is 1. The molecule has 0 spiro atoms. The molecule has 164 valence electrons. The Kier molecular flexibility index (Phi) is 6.43. The number of nitrogen functional groups attached to an aromatic ring is 1. The first-order valence-electron chi connectivity index (χ1n) is 10.2. The molecule has 1 saturated heterocycles. The molecule has 0 saturated carbocycles. The Labute approximate surface area is 181 Å². The average molecular weight is 425 g/mol. The first kappa shape index (κ1) is 20.8. The van der Waals surface area contributed by atoms with Crippen LogP contribution in [0.4, 0.5) is 29.1 Å². The van der Waals surface area contributed by atoms with Gasteiger partial charge in [-0.2, -0.15) is 9.67 Å². The summed E-state index contributed by atoms with van der Waals surface area (Å²) in [6.07, 6.45) is 1.48. The highest BCUT2D eigenvalue weighted by atomic mass is 16.5. The normalized spacial score (nSPS) is 14.1. The molecule has 0 atom stereocenters. The smallest absolute Gasteiger partial charge is 0.248 e. The van der Waals surface area contributed by atoms with Crippen molar-refractivity contribution in [2.75, 3.05) is 74.8 Å². The van der Waals surface area contributed by atoms with Crippen LogP contribution in [0.2, 0.25) is 0 Å². The van der Waals surface area contributed by atoms with Crippen molar-refractivity contribution in [2.45, 2.75) is 0 Å². The fourth-order valence-corrected chi connectivity index (χ4v) is 3.22. The van der Waals surface area contributed by atoms with E-state index in [2.05, 4.69) is 52.6 Å². The summed E-state index contributed by atoms with van der Waals surface area (Å²) in [6, 6.07) is 9.94. The highest BCUT2D eigenvalue weighted by molar-refractivity contribution is 5.60. The molecule has 3 heterocycles. The van der Waals surface area contributed by atoms with Crippen LogP contribution in [0.1, 0.15) is 0 Å². The summed E-state index contributed by atoms with van der Waals surface area (Å²) in [5.41, 5.74) is 8.13. The van der Waals surface area contributed by atoms with Crippen LogP contribution >= 0.6 is 0 Å². The molecule has 4 rings (SSSR count). The standard InChI is InChI=1S/C20H28N10O/c1-28(2)8-7-22-17-13-18(24-14-23-17)30-19(21)26-20(27-30)25-15-3-5-16(6-4-15)29-9-11-31-12-10-29/h3-6,13-14H,7-12H2,1-2H3,(H,22,23,24)(H3,21,25,26,27). The van der Waals surface area contributed by atoms with Gasteiger partial charge in [0.1, 0.15) is 12.1 Å². The van der Waals surface area contributed by atoms with Crippen molar-refractivity contribution in [3.8, 4) is 5.82 Å². The highest BCUT2D eigenvalue weighted by Crippen LogP contribution is 2.22. The monoisotopic (exact) mass is 424 g/mol. The number of hydrogen-bond donors (Lipinski definition) is 3. The van der Waals surface area contributed by atoms with Gasteiger partial charge < -0.3 is 30.9 Å². The summed E-state index contributed by atoms with van der Waals surface area (Å²) in [4.78, 5) is 17.2. The van der Waals surface area contributed by atoms with E-state index in [1.165, 1.54) is 16.7 Å². The molecule has 0 aliphatic carbocycles. The fourth-order valence-electron chi connectivity index (χ4n) is 3.22. The van der Waals surface area contributed by atoms with Gasteiger partial charge in [-0.05, 0) is 38.4 Å². The number of rotatable bonds is 8. The number of benzene rings is 1. The van der Waals surface area contributed by atoms with Gasteiger partial charge in [-0.3, -0.25) is 0 Å². The summed E-state index contributed by atoms with van der Waals surface area (Å²) in [5.74, 6) is 1.89. The maximum Gasteiger partial charge on any atom is 0.248 e. The number of hydrogen-bond acceptors (Lipinski definition) is 10. The lowest BCUT2D eigenvalue weighted by atomic mass is 10.2. The molecule has 2 aromatic heterocycles. The third kappa shape index (κ3) is 5.38. The average Bonchev–Trinajstić information content (AvgIpc) is 3.15. The summed E-state index contributed by atoms with van der Waals surface area (Å²) >= 11 is 0. The maximum absolute atomic E-state index is 6.08. The van der Waals surface area contributed by atoms with Gasteiger partial charge in [0, 0.05) is 43.6 Å². The van der Waals surface area contributed by atoms with Crippen molar-refractivity contribution in [1.82, 2.24) is 29.6 Å². The molecule has 31 heavy (non-hydrogen) atoms. The highest BCUT2D eigenvalue weighted by Gasteiger charge is 2.13. The van der Waals surface area contributed by atoms with Crippen molar-refractivity contribution in [2.24, 2.45) is 0 Å². The van der Waals surface area contributed by atoms with E-state index in [-0.39, 0.29) is 5.95 Å². The topological polar surface area (TPSA) is 122 Å². The lowest BCUT2D eigenvalue weighted by Gasteiger charge is -2.28. The van der Waals surface area contributed by atoms with Crippen LogP contribution in [-0.4, -0.2) is 83.1 Å². The van der Waals surface area contributed by atoms with Crippen LogP contribution in [0, 0.1) is 0 Å². The van der Waals surface area contributed by atoms with Gasteiger partial charge in [0.15, 0.2) is 5.82 Å². The SMILES string of the molecule is CN(C)CCNc1cc(-n2nc(Nc3ccc(N4CCOCC4)cc3)nc2N)ncn1. The van der Waals surface area contributed by atoms with E-state index in [1.54, 1.807) is 6.07 Å². The maximum atomic E-state index is 6.08. The first-order valence-corrected chi connectivity index (χ1v) is 10.2. The van der Waals surface area contributed by atoms with E-state index in [0.29, 0.717) is 17.6 Å². The van der Waals surface area contributed by atoms with Crippen LogP contribution in [0.25, 0.3) is 5.82 Å². The van der Waals surface area contributed by atoms with Gasteiger partial charge >= 0.3 is 0 Å². The van der Waals surface area contributed by atoms with E-state index in [0.717, 1.165) is 45.1 Å². The molecule has 0 amide bonds. The molecule has 0 bridgehead atoms. The second kappa shape index (κ2) is 9.58. The van der Waals surface area contributed by atoms with Crippen LogP contribution < -0.4 is 21.3 Å². The van der Waals surface area contributed by atoms with Crippen molar-refractivity contribution in [3.63, 3.8) is 0 Å². The Morgan fingerprint density at radius 3 is 2.65 bits per heavy atom. The lowest BCUT2D eigenvalue weighted by molar-refractivity contribution is 0.122. The largest absolute Gasteiger partial charge is 0.378 e. The minimum Gasteiger partial charge on any atom is -0.378 e. The van der Waals surface area contributed by atoms with E-state index < -0.39 is 0 Å². The Morgan fingerprint density at radius 2 is 1.90 bits per heavy atom. The van der Waals surface area contributed by atoms with E-state index >= 15 is 0 Å². The summed E-state index contributed by atoms with van der Waals surface area (Å²) < 4.78 is 6.90. The second-order valence-electron chi connectivity index (χ2n) is 7.47. The molecule has 4 N–H and O–H groups in total. The van der Waals surface area contributed by atoms with Crippen molar-refractivity contribution in [3.05, 3.63) is 36.7 Å². The number of aromatic nitrogens is 5. The second-order valence-corrected chi connectivity index (χ2v) is 7.47. The van der Waals surface area contributed by atoms with Gasteiger partial charge in [0.2, 0.25) is 11.9 Å². The number of ether oxygens (including phenoxy) is 1. The third-order valence-corrected chi connectivity index (χ3v) is 4.87. The minimum atomic E-state index is 0.241. The zero-order valence-electron chi connectivity index (χ0n) is 17.8. The number of anilines is 5. The Bertz CT molecular complexity index is 982. The number of nitrogens with zero attached hydrogens (tertiary/aromatic N) is 7. The predicted molar refractivity (Wildman–Crippen MR) is 121 cm³/mol. The first-order chi connectivity index (χ1) is 15.1. The molecule has 1 aliphatic rings. The molecule has 11 heteroatoms. The van der Waals surface area contributed by atoms with Gasteiger partial charge in [-0.1, -0.05) is 0 Å². The molecular formula is C20H28N10O. The molecule has 11 nitrogen and oxygen atoms in total. The fraction of sp³-hybridized carbons (Fsp3) is 0.400. The van der Waals surface area contributed by atoms with Crippen LogP contribution in [-0.2, 0) is 4.74 Å². The summed E-state index contributed by atoms with van der Waals surface area (Å²) in [6.45, 7) is 4.99. The zero-order valence-corrected chi connectivity index (χ0v) is 17.8. The third-order valence-electron chi connectivity index (χ3n) is 4.87. The Balaban J connectivity index is 1.43. The summed E-state index contributed by atoms with van der Waals surface area (Å²) in [7, 11) is 4.04. The van der Waals surface area contributed by atoms with Crippen LogP contribution in [0.3, 0.4) is 0 Å². The lowest BCUT2D eigenvalue weighted by Crippen LogP contribution is -2.36. The predicted octanol–water partition coefficient (Wildman–Crippen LogP) is 1.19. The number of morpholine rings is 1. The van der Waals surface area contributed by atoms with Crippen molar-refractivity contribution >= 4 is 29.1 Å². The van der Waals surface area contributed by atoms with Crippen molar-refractivity contribution < 1.29 is 4.74 Å². The molecule has 1 aromatic carbocycles. The molecule has 3 aromatic rings. The molecular weight excluding hydrogens is 396 g/mol. The van der Waals surface area contributed by atoms with Crippen LogP contribution in [0.15, 0.2) is 36.7 Å². The number of likely N-dealkylation sites (N-methyl/N-ethyl adjacent to an activating group) is 1.